The van der Waals surface area contributed by atoms with Crippen molar-refractivity contribution in [3.63, 3.8) is 0 Å². The highest BCUT2D eigenvalue weighted by atomic mass is 35.5. The summed E-state index contributed by atoms with van der Waals surface area (Å²) in [6.45, 7) is 3.07. The molecule has 2 rings (SSSR count). The van der Waals surface area contributed by atoms with Crippen molar-refractivity contribution in [3.05, 3.63) is 40.0 Å². The highest BCUT2D eigenvalue weighted by Gasteiger charge is 2.23. The SMILES string of the molecule is COc1cnc(Cl)nc1Nc1cc(Cl)c(F)cc1C(C)(C)O. The van der Waals surface area contributed by atoms with E-state index in [1.165, 1.54) is 39.3 Å². The van der Waals surface area contributed by atoms with Crippen LogP contribution in [0.25, 0.3) is 0 Å². The number of ether oxygens (including phenoxy) is 1. The maximum Gasteiger partial charge on any atom is 0.224 e. The number of hydrogen-bond acceptors (Lipinski definition) is 5. The molecule has 8 heteroatoms. The molecule has 0 fully saturated rings. The van der Waals surface area contributed by atoms with Crippen LogP contribution < -0.4 is 10.1 Å². The molecule has 22 heavy (non-hydrogen) atoms. The van der Waals surface area contributed by atoms with Gasteiger partial charge in [0.25, 0.3) is 0 Å². The standard InChI is InChI=1S/C14H14Cl2FN3O2/c1-14(2,21)7-4-9(17)8(15)5-10(7)19-12-11(22-3)6-18-13(16)20-12/h4-6,21H,1-3H3,(H,18,19,20). The van der Waals surface area contributed by atoms with Crippen LogP contribution in [0.5, 0.6) is 5.75 Å². The lowest BCUT2D eigenvalue weighted by atomic mass is 9.96. The first-order chi connectivity index (χ1) is 10.2. The number of rotatable bonds is 4. The zero-order valence-electron chi connectivity index (χ0n) is 12.1. The Balaban J connectivity index is 2.54. The summed E-state index contributed by atoms with van der Waals surface area (Å²) in [4.78, 5) is 7.82. The Kier molecular flexibility index (Phi) is 4.75. The van der Waals surface area contributed by atoms with E-state index in [0.717, 1.165) is 0 Å². The highest BCUT2D eigenvalue weighted by Crippen LogP contribution is 2.35. The molecular formula is C14H14Cl2FN3O2. The van der Waals surface area contributed by atoms with E-state index < -0.39 is 11.4 Å². The molecule has 2 N–H and O–H groups in total. The number of hydrogen-bond donors (Lipinski definition) is 2. The molecule has 1 heterocycles. The topological polar surface area (TPSA) is 67.3 Å². The van der Waals surface area contributed by atoms with Crippen molar-refractivity contribution in [3.8, 4) is 5.75 Å². The average molecular weight is 346 g/mol. The fraction of sp³-hybridized carbons (Fsp3) is 0.286. The van der Waals surface area contributed by atoms with Crippen molar-refractivity contribution in [1.82, 2.24) is 9.97 Å². The quantitative estimate of drug-likeness (QED) is 0.822. The Bertz CT molecular complexity index is 705. The van der Waals surface area contributed by atoms with Crippen molar-refractivity contribution in [2.45, 2.75) is 19.4 Å². The minimum atomic E-state index is -1.29. The first-order valence-electron chi connectivity index (χ1n) is 6.28. The van der Waals surface area contributed by atoms with Gasteiger partial charge in [0.2, 0.25) is 5.28 Å². The maximum absolute atomic E-state index is 13.7. The summed E-state index contributed by atoms with van der Waals surface area (Å²) in [6.07, 6.45) is 1.40. The summed E-state index contributed by atoms with van der Waals surface area (Å²) < 4.78 is 18.8. The van der Waals surface area contributed by atoms with Crippen molar-refractivity contribution in [2.24, 2.45) is 0 Å². The average Bonchev–Trinajstić information content (AvgIpc) is 2.41. The largest absolute Gasteiger partial charge is 0.491 e. The Morgan fingerprint density at radius 1 is 1.32 bits per heavy atom. The van der Waals surface area contributed by atoms with E-state index in [4.69, 9.17) is 27.9 Å². The third-order valence-corrected chi connectivity index (χ3v) is 3.39. The van der Waals surface area contributed by atoms with Crippen LogP contribution in [0.1, 0.15) is 19.4 Å². The smallest absolute Gasteiger partial charge is 0.224 e. The third kappa shape index (κ3) is 3.58. The normalized spacial score (nSPS) is 11.4. The van der Waals surface area contributed by atoms with Gasteiger partial charge in [-0.15, -0.1) is 0 Å². The highest BCUT2D eigenvalue weighted by molar-refractivity contribution is 6.31. The lowest BCUT2D eigenvalue weighted by Gasteiger charge is -2.23. The van der Waals surface area contributed by atoms with E-state index in [9.17, 15) is 9.50 Å². The zero-order valence-corrected chi connectivity index (χ0v) is 13.6. The first-order valence-corrected chi connectivity index (χ1v) is 7.03. The predicted octanol–water partition coefficient (Wildman–Crippen LogP) is 3.90. The Morgan fingerprint density at radius 3 is 2.59 bits per heavy atom. The van der Waals surface area contributed by atoms with Gasteiger partial charge < -0.3 is 15.2 Å². The molecule has 1 aromatic heterocycles. The number of benzene rings is 1. The molecule has 0 aliphatic carbocycles. The molecule has 118 valence electrons. The van der Waals surface area contributed by atoms with Crippen LogP contribution >= 0.6 is 23.2 Å². The molecule has 2 aromatic rings. The molecule has 5 nitrogen and oxygen atoms in total. The lowest BCUT2D eigenvalue weighted by molar-refractivity contribution is 0.0790. The summed E-state index contributed by atoms with van der Waals surface area (Å²) in [5.41, 5.74) is -0.601. The van der Waals surface area contributed by atoms with Crippen LogP contribution in [0.4, 0.5) is 15.9 Å². The number of methoxy groups -OCH3 is 1. The molecule has 0 spiro atoms. The van der Waals surface area contributed by atoms with E-state index in [-0.39, 0.29) is 16.1 Å². The molecular weight excluding hydrogens is 332 g/mol. The lowest BCUT2D eigenvalue weighted by Crippen LogP contribution is -2.18. The van der Waals surface area contributed by atoms with Gasteiger partial charge in [-0.2, -0.15) is 4.98 Å². The Morgan fingerprint density at radius 2 is 2.00 bits per heavy atom. The Labute approximate surface area is 137 Å². The molecule has 0 bridgehead atoms. The zero-order chi connectivity index (χ0) is 16.5. The number of nitrogens with one attached hydrogen (secondary N) is 1. The van der Waals surface area contributed by atoms with Crippen molar-refractivity contribution < 1.29 is 14.2 Å². The van der Waals surface area contributed by atoms with Crippen molar-refractivity contribution >= 4 is 34.7 Å². The molecule has 0 radical (unpaired) electrons. The third-order valence-electron chi connectivity index (χ3n) is 2.92. The van der Waals surface area contributed by atoms with Gasteiger partial charge in [0.1, 0.15) is 5.82 Å². The second-order valence-corrected chi connectivity index (χ2v) is 5.80. The van der Waals surface area contributed by atoms with Gasteiger partial charge in [-0.3, -0.25) is 0 Å². The van der Waals surface area contributed by atoms with E-state index in [2.05, 4.69) is 15.3 Å². The second-order valence-electron chi connectivity index (χ2n) is 5.05. The molecule has 0 saturated carbocycles. The minimum absolute atomic E-state index is 0.0151. The van der Waals surface area contributed by atoms with Crippen LogP contribution in [0.2, 0.25) is 10.3 Å². The van der Waals surface area contributed by atoms with Crippen molar-refractivity contribution in [2.75, 3.05) is 12.4 Å². The summed E-state index contributed by atoms with van der Waals surface area (Å²) >= 11 is 11.6. The second kappa shape index (κ2) is 6.24. The number of aliphatic hydroxyl groups is 1. The van der Waals surface area contributed by atoms with E-state index in [0.29, 0.717) is 17.0 Å². The molecule has 0 aliphatic rings. The van der Waals surface area contributed by atoms with Gasteiger partial charge in [-0.1, -0.05) is 11.6 Å². The fourth-order valence-corrected chi connectivity index (χ4v) is 2.17. The molecule has 1 aromatic carbocycles. The number of aromatic nitrogens is 2. The van der Waals surface area contributed by atoms with Crippen LogP contribution in [0.3, 0.4) is 0 Å². The molecule has 0 amide bonds. The summed E-state index contributed by atoms with van der Waals surface area (Å²) in [5, 5.41) is 13.1. The van der Waals surface area contributed by atoms with Gasteiger partial charge in [0.05, 0.1) is 23.9 Å². The van der Waals surface area contributed by atoms with Crippen LogP contribution in [-0.2, 0) is 5.60 Å². The van der Waals surface area contributed by atoms with Gasteiger partial charge in [0, 0.05) is 11.3 Å². The first kappa shape index (κ1) is 16.7. The van der Waals surface area contributed by atoms with Crippen LogP contribution in [0.15, 0.2) is 18.3 Å². The summed E-state index contributed by atoms with van der Waals surface area (Å²) in [7, 11) is 1.45. The van der Waals surface area contributed by atoms with Gasteiger partial charge in [-0.05, 0) is 37.6 Å². The van der Waals surface area contributed by atoms with Gasteiger partial charge in [-0.25, -0.2) is 9.37 Å². The summed E-state index contributed by atoms with van der Waals surface area (Å²) in [6, 6.07) is 2.53. The van der Waals surface area contributed by atoms with Crippen molar-refractivity contribution in [1.29, 1.82) is 0 Å². The maximum atomic E-state index is 13.7. The monoisotopic (exact) mass is 345 g/mol. The van der Waals surface area contributed by atoms with E-state index >= 15 is 0 Å². The predicted molar refractivity (Wildman–Crippen MR) is 83.5 cm³/mol. The van der Waals surface area contributed by atoms with E-state index in [1.807, 2.05) is 0 Å². The molecule has 0 atom stereocenters. The number of halogens is 3. The molecule has 0 unspecified atom stereocenters. The number of nitrogens with zero attached hydrogens (tertiary/aromatic N) is 2. The number of anilines is 2. The minimum Gasteiger partial charge on any atom is -0.491 e. The molecule has 0 saturated heterocycles. The van der Waals surface area contributed by atoms with Gasteiger partial charge in [0.15, 0.2) is 11.6 Å². The Hall–Kier alpha value is -1.63. The van der Waals surface area contributed by atoms with Gasteiger partial charge >= 0.3 is 0 Å². The summed E-state index contributed by atoms with van der Waals surface area (Å²) in [5.74, 6) is -0.0146. The van der Waals surface area contributed by atoms with Crippen LogP contribution in [-0.4, -0.2) is 22.2 Å². The molecule has 0 aliphatic heterocycles. The van der Waals surface area contributed by atoms with E-state index in [1.54, 1.807) is 0 Å². The fourth-order valence-electron chi connectivity index (χ4n) is 1.87. The van der Waals surface area contributed by atoms with Crippen LogP contribution in [0, 0.1) is 5.82 Å².